The first-order valence-electron chi connectivity index (χ1n) is 8.37. The van der Waals surface area contributed by atoms with Gasteiger partial charge in [-0.05, 0) is 48.0 Å². The van der Waals surface area contributed by atoms with Crippen molar-refractivity contribution in [1.29, 1.82) is 0 Å². The minimum atomic E-state index is -1.25. The summed E-state index contributed by atoms with van der Waals surface area (Å²) in [5, 5.41) is 12.3. The highest BCUT2D eigenvalue weighted by molar-refractivity contribution is 6.32. The number of para-hydroxylation sites is 1. The number of aliphatic carboxylic acids is 1. The fraction of sp³-hybridized carbons (Fsp3) is 0. The second-order valence-electron chi connectivity index (χ2n) is 5.79. The van der Waals surface area contributed by atoms with E-state index in [2.05, 4.69) is 5.32 Å². The van der Waals surface area contributed by atoms with Crippen LogP contribution in [0, 0.1) is 0 Å². The second kappa shape index (κ2) is 8.88. The molecule has 0 heterocycles. The maximum atomic E-state index is 12.2. The van der Waals surface area contributed by atoms with Gasteiger partial charge >= 0.3 is 5.97 Å². The van der Waals surface area contributed by atoms with Crippen molar-refractivity contribution >= 4 is 29.6 Å². The lowest BCUT2D eigenvalue weighted by molar-refractivity contribution is -0.132. The highest BCUT2D eigenvalue weighted by atomic mass is 35.5. The minimum Gasteiger partial charge on any atom is -0.477 e. The predicted molar refractivity (Wildman–Crippen MR) is 107 cm³/mol. The lowest BCUT2D eigenvalue weighted by Gasteiger charge is -2.09. The minimum absolute atomic E-state index is 0.247. The molecule has 0 bridgehead atoms. The van der Waals surface area contributed by atoms with Gasteiger partial charge in [0.2, 0.25) is 0 Å². The zero-order valence-electron chi connectivity index (χ0n) is 14.6. The SMILES string of the molecule is O=C(O)C(=Cc1cccc(Oc2ccccc2Cl)c1)NC(=O)c1ccccc1. The van der Waals surface area contributed by atoms with E-state index < -0.39 is 11.9 Å². The van der Waals surface area contributed by atoms with Crippen LogP contribution >= 0.6 is 11.6 Å². The van der Waals surface area contributed by atoms with Gasteiger partial charge in [-0.3, -0.25) is 4.79 Å². The maximum absolute atomic E-state index is 12.2. The summed E-state index contributed by atoms with van der Waals surface area (Å²) in [4.78, 5) is 23.8. The zero-order valence-corrected chi connectivity index (χ0v) is 15.4. The number of benzene rings is 3. The Kier molecular flexibility index (Phi) is 6.09. The number of rotatable bonds is 6. The highest BCUT2D eigenvalue weighted by Crippen LogP contribution is 2.29. The van der Waals surface area contributed by atoms with Crippen LogP contribution < -0.4 is 10.1 Å². The van der Waals surface area contributed by atoms with E-state index in [-0.39, 0.29) is 5.70 Å². The van der Waals surface area contributed by atoms with Crippen molar-refractivity contribution in [3.8, 4) is 11.5 Å². The van der Waals surface area contributed by atoms with E-state index in [0.29, 0.717) is 27.6 Å². The maximum Gasteiger partial charge on any atom is 0.352 e. The average Bonchev–Trinajstić information content (AvgIpc) is 2.70. The number of carboxylic acid groups (broad SMARTS) is 1. The van der Waals surface area contributed by atoms with Gasteiger partial charge < -0.3 is 15.2 Å². The van der Waals surface area contributed by atoms with Crippen molar-refractivity contribution in [2.45, 2.75) is 0 Å². The van der Waals surface area contributed by atoms with Gasteiger partial charge in [0.05, 0.1) is 5.02 Å². The van der Waals surface area contributed by atoms with Crippen LogP contribution in [-0.4, -0.2) is 17.0 Å². The molecular weight excluding hydrogens is 378 g/mol. The summed E-state index contributed by atoms with van der Waals surface area (Å²) in [6, 6.07) is 22.2. The molecule has 28 heavy (non-hydrogen) atoms. The molecule has 1 amide bonds. The molecule has 3 rings (SSSR count). The van der Waals surface area contributed by atoms with E-state index in [1.165, 1.54) is 6.08 Å². The zero-order chi connectivity index (χ0) is 19.9. The first kappa shape index (κ1) is 19.2. The summed E-state index contributed by atoms with van der Waals surface area (Å²) < 4.78 is 5.75. The fourth-order valence-corrected chi connectivity index (χ4v) is 2.60. The van der Waals surface area contributed by atoms with Crippen LogP contribution in [0.2, 0.25) is 5.02 Å². The van der Waals surface area contributed by atoms with Crippen LogP contribution in [0.4, 0.5) is 0 Å². The van der Waals surface area contributed by atoms with Gasteiger partial charge in [-0.25, -0.2) is 4.79 Å². The number of halogens is 1. The van der Waals surface area contributed by atoms with Gasteiger partial charge in [-0.1, -0.05) is 54.1 Å². The number of nitrogens with one attached hydrogen (secondary N) is 1. The Balaban J connectivity index is 1.82. The average molecular weight is 394 g/mol. The number of amides is 1. The predicted octanol–water partition coefficient (Wildman–Crippen LogP) is 4.99. The van der Waals surface area contributed by atoms with Gasteiger partial charge in [0.1, 0.15) is 17.2 Å². The largest absolute Gasteiger partial charge is 0.477 e. The fourth-order valence-electron chi connectivity index (χ4n) is 2.42. The van der Waals surface area contributed by atoms with Crippen molar-refractivity contribution < 1.29 is 19.4 Å². The molecule has 0 atom stereocenters. The van der Waals surface area contributed by atoms with Crippen molar-refractivity contribution in [2.75, 3.05) is 0 Å². The van der Waals surface area contributed by atoms with E-state index in [1.807, 2.05) is 0 Å². The van der Waals surface area contributed by atoms with E-state index >= 15 is 0 Å². The van der Waals surface area contributed by atoms with Crippen molar-refractivity contribution in [3.63, 3.8) is 0 Å². The third-order valence-electron chi connectivity index (χ3n) is 3.75. The Morgan fingerprint density at radius 3 is 2.36 bits per heavy atom. The third kappa shape index (κ3) is 4.99. The van der Waals surface area contributed by atoms with Crippen molar-refractivity contribution in [1.82, 2.24) is 5.32 Å². The molecule has 2 N–H and O–H groups in total. The Hall–Kier alpha value is -3.57. The van der Waals surface area contributed by atoms with Gasteiger partial charge in [0.25, 0.3) is 5.91 Å². The number of ether oxygens (including phenoxy) is 1. The van der Waals surface area contributed by atoms with E-state index in [1.54, 1.807) is 78.9 Å². The Bertz CT molecular complexity index is 1030. The van der Waals surface area contributed by atoms with Crippen LogP contribution in [0.25, 0.3) is 6.08 Å². The topological polar surface area (TPSA) is 75.6 Å². The second-order valence-corrected chi connectivity index (χ2v) is 6.20. The number of carbonyl (C=O) groups is 2. The summed E-state index contributed by atoms with van der Waals surface area (Å²) >= 11 is 6.09. The highest BCUT2D eigenvalue weighted by Gasteiger charge is 2.13. The molecule has 0 fully saturated rings. The first-order valence-corrected chi connectivity index (χ1v) is 8.74. The molecule has 5 nitrogen and oxygen atoms in total. The molecule has 0 aliphatic carbocycles. The normalized spacial score (nSPS) is 11.0. The van der Waals surface area contributed by atoms with Crippen LogP contribution in [-0.2, 0) is 4.79 Å². The molecule has 140 valence electrons. The summed E-state index contributed by atoms with van der Waals surface area (Å²) in [6.45, 7) is 0. The lowest BCUT2D eigenvalue weighted by Crippen LogP contribution is -2.27. The van der Waals surface area contributed by atoms with E-state index in [4.69, 9.17) is 16.3 Å². The quantitative estimate of drug-likeness (QED) is 0.578. The first-order chi connectivity index (χ1) is 13.5. The molecule has 3 aromatic carbocycles. The lowest BCUT2D eigenvalue weighted by atomic mass is 10.1. The van der Waals surface area contributed by atoms with Crippen LogP contribution in [0.1, 0.15) is 15.9 Å². The number of carbonyl (C=O) groups excluding carboxylic acids is 1. The molecular formula is C22H16ClNO4. The Morgan fingerprint density at radius 1 is 0.929 bits per heavy atom. The number of carboxylic acids is 1. The van der Waals surface area contributed by atoms with E-state index in [9.17, 15) is 14.7 Å². The molecule has 6 heteroatoms. The van der Waals surface area contributed by atoms with Crippen LogP contribution in [0.3, 0.4) is 0 Å². The van der Waals surface area contributed by atoms with Gasteiger partial charge in [-0.2, -0.15) is 0 Å². The molecule has 0 radical (unpaired) electrons. The summed E-state index contributed by atoms with van der Waals surface area (Å²) in [7, 11) is 0. The Labute approximate surface area is 166 Å². The summed E-state index contributed by atoms with van der Waals surface area (Å²) in [6.07, 6.45) is 1.36. The summed E-state index contributed by atoms with van der Waals surface area (Å²) in [5.41, 5.74) is 0.671. The molecule has 3 aromatic rings. The van der Waals surface area contributed by atoms with Crippen LogP contribution in [0.5, 0.6) is 11.5 Å². The molecule has 0 saturated carbocycles. The molecule has 0 unspecified atom stereocenters. The molecule has 0 aliphatic heterocycles. The molecule has 0 saturated heterocycles. The third-order valence-corrected chi connectivity index (χ3v) is 4.06. The van der Waals surface area contributed by atoms with Crippen molar-refractivity contribution in [3.05, 3.63) is 101 Å². The standard InChI is InChI=1S/C22H16ClNO4/c23-18-11-4-5-12-20(18)28-17-10-6-7-15(13-17)14-19(22(26)27)24-21(25)16-8-2-1-3-9-16/h1-14H,(H,24,25)(H,26,27). The van der Waals surface area contributed by atoms with Gasteiger partial charge in [-0.15, -0.1) is 0 Å². The van der Waals surface area contributed by atoms with Gasteiger partial charge in [0, 0.05) is 5.56 Å². The summed E-state index contributed by atoms with van der Waals surface area (Å²) in [5.74, 6) is -0.776. The van der Waals surface area contributed by atoms with Crippen LogP contribution in [0.15, 0.2) is 84.6 Å². The monoisotopic (exact) mass is 393 g/mol. The Morgan fingerprint density at radius 2 is 1.64 bits per heavy atom. The van der Waals surface area contributed by atoms with Gasteiger partial charge in [0.15, 0.2) is 0 Å². The number of hydrogen-bond donors (Lipinski definition) is 2. The molecule has 0 spiro atoms. The van der Waals surface area contributed by atoms with Crippen molar-refractivity contribution in [2.24, 2.45) is 0 Å². The smallest absolute Gasteiger partial charge is 0.352 e. The number of hydrogen-bond acceptors (Lipinski definition) is 3. The molecule has 0 aliphatic rings. The molecule has 0 aromatic heterocycles. The van der Waals surface area contributed by atoms with E-state index in [0.717, 1.165) is 0 Å².